The topological polar surface area (TPSA) is 69.9 Å². The second kappa shape index (κ2) is 7.40. The summed E-state index contributed by atoms with van der Waals surface area (Å²) in [5.74, 6) is -0.302. The Kier molecular flexibility index (Phi) is 4.63. The lowest BCUT2D eigenvalue weighted by molar-refractivity contribution is 0.0942. The van der Waals surface area contributed by atoms with Gasteiger partial charge < -0.3 is 4.74 Å². The van der Waals surface area contributed by atoms with E-state index in [0.29, 0.717) is 33.8 Å². The van der Waals surface area contributed by atoms with Crippen LogP contribution in [0.2, 0.25) is 0 Å². The summed E-state index contributed by atoms with van der Waals surface area (Å²) < 4.78 is 19.9. The van der Waals surface area contributed by atoms with Crippen molar-refractivity contribution in [1.82, 2.24) is 20.0 Å². The fourth-order valence-electron chi connectivity index (χ4n) is 2.93. The summed E-state index contributed by atoms with van der Waals surface area (Å²) in [4.78, 5) is 17.2. The maximum Gasteiger partial charge on any atom is 0.283 e. The molecule has 0 spiro atoms. The molecule has 0 aliphatic heterocycles. The molecule has 2 aromatic heterocycles. The summed E-state index contributed by atoms with van der Waals surface area (Å²) in [7, 11) is 1.50. The quantitative estimate of drug-likeness (QED) is 0.543. The molecule has 2 heterocycles. The van der Waals surface area contributed by atoms with E-state index in [1.54, 1.807) is 60.9 Å². The van der Waals surface area contributed by atoms with Crippen molar-refractivity contribution in [3.63, 3.8) is 0 Å². The Morgan fingerprint density at radius 1 is 0.964 bits per heavy atom. The highest BCUT2D eigenvalue weighted by molar-refractivity contribution is 6.01. The molecule has 0 saturated heterocycles. The van der Waals surface area contributed by atoms with Crippen LogP contribution in [0.4, 0.5) is 4.39 Å². The summed E-state index contributed by atoms with van der Waals surface area (Å²) in [6.07, 6.45) is 3.24. The van der Waals surface area contributed by atoms with Gasteiger partial charge in [-0.1, -0.05) is 17.3 Å². The van der Waals surface area contributed by atoms with Crippen LogP contribution in [-0.4, -0.2) is 33.0 Å². The van der Waals surface area contributed by atoms with E-state index >= 15 is 0 Å². The highest BCUT2D eigenvalue weighted by Crippen LogP contribution is 2.31. The van der Waals surface area contributed by atoms with E-state index < -0.39 is 0 Å². The van der Waals surface area contributed by atoms with Crippen LogP contribution in [0.5, 0.6) is 5.75 Å². The molecule has 0 saturated carbocycles. The largest absolute Gasteiger partial charge is 0.496 e. The number of aromatic nitrogens is 4. The number of carbonyl (C=O) groups excluding carboxylic acids is 1. The molecule has 0 fully saturated rings. The van der Waals surface area contributed by atoms with Gasteiger partial charge in [0.1, 0.15) is 23.0 Å². The highest BCUT2D eigenvalue weighted by Gasteiger charge is 2.23. The summed E-state index contributed by atoms with van der Waals surface area (Å²) in [6.45, 7) is 0. The third-order valence-corrected chi connectivity index (χ3v) is 4.27. The minimum Gasteiger partial charge on any atom is -0.496 e. The van der Waals surface area contributed by atoms with Gasteiger partial charge in [-0.2, -0.15) is 4.68 Å². The molecule has 0 N–H and O–H groups in total. The van der Waals surface area contributed by atoms with E-state index in [1.807, 2.05) is 0 Å². The molecule has 4 rings (SSSR count). The van der Waals surface area contributed by atoms with Crippen molar-refractivity contribution in [3.8, 4) is 28.3 Å². The first-order valence-corrected chi connectivity index (χ1v) is 8.49. The van der Waals surface area contributed by atoms with Gasteiger partial charge in [-0.3, -0.25) is 9.78 Å². The standard InChI is InChI=1S/C21H15FN4O2/c1-28-18-5-3-2-4-17(18)21(27)26-20(15-10-12-23-13-11-15)19(24-25-26)14-6-8-16(22)9-7-14/h2-13H,1H3. The lowest BCUT2D eigenvalue weighted by Crippen LogP contribution is -2.16. The number of carbonyl (C=O) groups is 1. The van der Waals surface area contributed by atoms with Gasteiger partial charge in [0.05, 0.1) is 12.7 Å². The third-order valence-electron chi connectivity index (χ3n) is 4.27. The minimum absolute atomic E-state index is 0.355. The summed E-state index contributed by atoms with van der Waals surface area (Å²) in [6, 6.07) is 16.3. The summed E-state index contributed by atoms with van der Waals surface area (Å²) in [5.41, 5.74) is 2.67. The molecule has 0 unspecified atom stereocenters. The second-order valence-electron chi connectivity index (χ2n) is 5.95. The number of rotatable bonds is 4. The highest BCUT2D eigenvalue weighted by atomic mass is 19.1. The number of methoxy groups -OCH3 is 1. The average molecular weight is 374 g/mol. The Morgan fingerprint density at radius 3 is 2.39 bits per heavy atom. The Morgan fingerprint density at radius 2 is 1.68 bits per heavy atom. The van der Waals surface area contributed by atoms with Crippen molar-refractivity contribution in [2.75, 3.05) is 7.11 Å². The van der Waals surface area contributed by atoms with Crippen molar-refractivity contribution in [3.05, 3.63) is 84.4 Å². The molecule has 0 bridgehead atoms. The molecule has 0 aliphatic carbocycles. The maximum absolute atomic E-state index is 13.3. The number of pyridine rings is 1. The number of hydrogen-bond donors (Lipinski definition) is 0. The van der Waals surface area contributed by atoms with Crippen LogP contribution in [0.3, 0.4) is 0 Å². The summed E-state index contributed by atoms with van der Waals surface area (Å²) >= 11 is 0. The average Bonchev–Trinajstić information content (AvgIpc) is 3.19. The lowest BCUT2D eigenvalue weighted by atomic mass is 10.1. The van der Waals surface area contributed by atoms with E-state index in [9.17, 15) is 9.18 Å². The van der Waals surface area contributed by atoms with E-state index in [2.05, 4.69) is 15.3 Å². The Bertz CT molecular complexity index is 1120. The lowest BCUT2D eigenvalue weighted by Gasteiger charge is -2.10. The van der Waals surface area contributed by atoms with Gasteiger partial charge in [0, 0.05) is 23.5 Å². The number of para-hydroxylation sites is 1. The van der Waals surface area contributed by atoms with Crippen LogP contribution >= 0.6 is 0 Å². The van der Waals surface area contributed by atoms with E-state index in [4.69, 9.17) is 4.74 Å². The molecule has 6 nitrogen and oxygen atoms in total. The third kappa shape index (κ3) is 3.14. The Labute approximate surface area is 160 Å². The first-order chi connectivity index (χ1) is 13.7. The maximum atomic E-state index is 13.3. The molecule has 0 radical (unpaired) electrons. The van der Waals surface area contributed by atoms with Gasteiger partial charge >= 0.3 is 0 Å². The molecule has 0 aliphatic rings. The summed E-state index contributed by atoms with van der Waals surface area (Å²) in [5, 5.41) is 8.29. The second-order valence-corrected chi connectivity index (χ2v) is 5.95. The first kappa shape index (κ1) is 17.5. The van der Waals surface area contributed by atoms with Gasteiger partial charge in [0.25, 0.3) is 5.91 Å². The molecular formula is C21H15FN4O2. The molecule has 28 heavy (non-hydrogen) atoms. The van der Waals surface area contributed by atoms with Gasteiger partial charge in [0.15, 0.2) is 0 Å². The molecule has 4 aromatic rings. The SMILES string of the molecule is COc1ccccc1C(=O)n1nnc(-c2ccc(F)cc2)c1-c1ccncc1. The predicted molar refractivity (Wildman–Crippen MR) is 101 cm³/mol. The molecule has 138 valence electrons. The van der Waals surface area contributed by atoms with Crippen molar-refractivity contribution < 1.29 is 13.9 Å². The van der Waals surface area contributed by atoms with Gasteiger partial charge in [-0.15, -0.1) is 5.10 Å². The zero-order chi connectivity index (χ0) is 19.5. The van der Waals surface area contributed by atoms with E-state index in [-0.39, 0.29) is 11.7 Å². The van der Waals surface area contributed by atoms with Crippen LogP contribution in [0, 0.1) is 5.82 Å². The first-order valence-electron chi connectivity index (χ1n) is 8.49. The van der Waals surface area contributed by atoms with Crippen LogP contribution in [0.1, 0.15) is 10.4 Å². The van der Waals surface area contributed by atoms with Crippen molar-refractivity contribution in [1.29, 1.82) is 0 Å². The Balaban J connectivity index is 1.91. The zero-order valence-corrected chi connectivity index (χ0v) is 14.9. The molecule has 7 heteroatoms. The van der Waals surface area contributed by atoms with Crippen molar-refractivity contribution in [2.24, 2.45) is 0 Å². The fourth-order valence-corrected chi connectivity index (χ4v) is 2.93. The molecule has 2 aromatic carbocycles. The number of nitrogens with zero attached hydrogens (tertiary/aromatic N) is 4. The van der Waals surface area contributed by atoms with Crippen LogP contribution < -0.4 is 4.74 Å². The van der Waals surface area contributed by atoms with Crippen molar-refractivity contribution in [2.45, 2.75) is 0 Å². The van der Waals surface area contributed by atoms with E-state index in [1.165, 1.54) is 23.9 Å². The Hall–Kier alpha value is -3.87. The van der Waals surface area contributed by atoms with Crippen LogP contribution in [0.25, 0.3) is 22.5 Å². The normalized spacial score (nSPS) is 10.6. The molecule has 0 amide bonds. The smallest absolute Gasteiger partial charge is 0.283 e. The predicted octanol–water partition coefficient (Wildman–Crippen LogP) is 3.84. The molecular weight excluding hydrogens is 359 g/mol. The van der Waals surface area contributed by atoms with Gasteiger partial charge in [-0.05, 0) is 48.5 Å². The van der Waals surface area contributed by atoms with Crippen LogP contribution in [0.15, 0.2) is 73.1 Å². The number of ether oxygens (including phenoxy) is 1. The van der Waals surface area contributed by atoms with Gasteiger partial charge in [0.2, 0.25) is 0 Å². The van der Waals surface area contributed by atoms with Crippen LogP contribution in [-0.2, 0) is 0 Å². The number of benzene rings is 2. The zero-order valence-electron chi connectivity index (χ0n) is 14.9. The number of hydrogen-bond acceptors (Lipinski definition) is 5. The molecule has 0 atom stereocenters. The fraction of sp³-hybridized carbons (Fsp3) is 0.0476. The monoisotopic (exact) mass is 374 g/mol. The van der Waals surface area contributed by atoms with Gasteiger partial charge in [-0.25, -0.2) is 4.39 Å². The number of halogens is 1. The van der Waals surface area contributed by atoms with Crippen molar-refractivity contribution >= 4 is 5.91 Å². The minimum atomic E-state index is -0.384. The van der Waals surface area contributed by atoms with E-state index in [0.717, 1.165) is 0 Å².